The van der Waals surface area contributed by atoms with Crippen LogP contribution in [0.15, 0.2) is 73.1 Å². The zero-order valence-corrected chi connectivity index (χ0v) is 16.0. The zero-order valence-electron chi connectivity index (χ0n) is 16.0. The van der Waals surface area contributed by atoms with Gasteiger partial charge in [-0.15, -0.1) is 0 Å². The highest BCUT2D eigenvalue weighted by atomic mass is 16.2. The van der Waals surface area contributed by atoms with Gasteiger partial charge in [0, 0.05) is 24.8 Å². The fourth-order valence-electron chi connectivity index (χ4n) is 3.36. The second kappa shape index (κ2) is 7.64. The molecule has 0 aliphatic carbocycles. The Labute approximate surface area is 164 Å². The van der Waals surface area contributed by atoms with Crippen molar-refractivity contribution in [1.29, 1.82) is 0 Å². The molecule has 0 bridgehead atoms. The summed E-state index contributed by atoms with van der Waals surface area (Å²) in [5, 5.41) is 4.46. The molecule has 2 heterocycles. The number of nitrogens with zero attached hydrogens (tertiary/aromatic N) is 4. The van der Waals surface area contributed by atoms with E-state index in [9.17, 15) is 4.79 Å². The molecule has 4 rings (SSSR count). The number of hydrogen-bond donors (Lipinski definition) is 0. The fraction of sp³-hybridized carbons (Fsp3) is 0.174. The van der Waals surface area contributed by atoms with E-state index in [0.29, 0.717) is 24.3 Å². The Bertz CT molecular complexity index is 1120. The molecule has 0 saturated carbocycles. The number of aromatic nitrogens is 3. The van der Waals surface area contributed by atoms with Crippen molar-refractivity contribution >= 4 is 11.6 Å². The molecule has 28 heavy (non-hydrogen) atoms. The first-order chi connectivity index (χ1) is 13.7. The Balaban J connectivity index is 1.70. The Morgan fingerprint density at radius 2 is 1.79 bits per heavy atom. The van der Waals surface area contributed by atoms with Crippen molar-refractivity contribution in [2.45, 2.75) is 20.4 Å². The Kier molecular flexibility index (Phi) is 4.89. The summed E-state index contributed by atoms with van der Waals surface area (Å²) in [5.41, 5.74) is 5.36. The van der Waals surface area contributed by atoms with E-state index >= 15 is 0 Å². The molecule has 0 aliphatic rings. The zero-order chi connectivity index (χ0) is 19.5. The Hall–Kier alpha value is -3.47. The predicted octanol–water partition coefficient (Wildman–Crippen LogP) is 4.37. The van der Waals surface area contributed by atoms with Gasteiger partial charge in [0.1, 0.15) is 5.56 Å². The van der Waals surface area contributed by atoms with Crippen molar-refractivity contribution in [1.82, 2.24) is 19.5 Å². The van der Waals surface area contributed by atoms with E-state index in [1.807, 2.05) is 60.4 Å². The van der Waals surface area contributed by atoms with Gasteiger partial charge in [0.2, 0.25) is 0 Å². The van der Waals surface area contributed by atoms with Crippen LogP contribution in [-0.4, -0.2) is 31.9 Å². The van der Waals surface area contributed by atoms with Crippen molar-refractivity contribution in [2.24, 2.45) is 0 Å². The number of hydrogen-bond acceptors (Lipinski definition) is 3. The number of rotatable bonds is 5. The minimum atomic E-state index is -0.0570. The minimum absolute atomic E-state index is 0.0570. The van der Waals surface area contributed by atoms with E-state index in [0.717, 1.165) is 16.8 Å². The fourth-order valence-corrected chi connectivity index (χ4v) is 3.36. The Morgan fingerprint density at radius 1 is 1.04 bits per heavy atom. The lowest BCUT2D eigenvalue weighted by molar-refractivity contribution is 0.0754. The maximum Gasteiger partial charge on any atom is 0.259 e. The molecule has 0 atom stereocenters. The van der Waals surface area contributed by atoms with Crippen molar-refractivity contribution in [3.63, 3.8) is 0 Å². The molecule has 140 valence electrons. The molecule has 0 spiro atoms. The van der Waals surface area contributed by atoms with Crippen LogP contribution < -0.4 is 0 Å². The molecule has 0 radical (unpaired) electrons. The van der Waals surface area contributed by atoms with Crippen molar-refractivity contribution in [2.75, 3.05) is 6.54 Å². The molecular formula is C23H22N4O. The number of carbonyl (C=O) groups is 1. The van der Waals surface area contributed by atoms with Crippen LogP contribution in [0.5, 0.6) is 0 Å². The van der Waals surface area contributed by atoms with Crippen LogP contribution in [0.2, 0.25) is 0 Å². The van der Waals surface area contributed by atoms with E-state index in [2.05, 4.69) is 29.1 Å². The second-order valence-corrected chi connectivity index (χ2v) is 6.74. The molecule has 0 fully saturated rings. The first-order valence-electron chi connectivity index (χ1n) is 9.41. The van der Waals surface area contributed by atoms with Gasteiger partial charge in [-0.1, -0.05) is 54.6 Å². The molecule has 2 aromatic heterocycles. The normalized spacial score (nSPS) is 10.9. The maximum absolute atomic E-state index is 13.2. The summed E-state index contributed by atoms with van der Waals surface area (Å²) in [5.74, 6) is -0.0570. The van der Waals surface area contributed by atoms with Gasteiger partial charge in [0.25, 0.3) is 5.91 Å². The van der Waals surface area contributed by atoms with Gasteiger partial charge in [0.05, 0.1) is 11.9 Å². The number of aryl methyl sites for hydroxylation is 1. The molecule has 0 aliphatic heterocycles. The first-order valence-corrected chi connectivity index (χ1v) is 9.41. The highest BCUT2D eigenvalue weighted by Crippen LogP contribution is 2.22. The second-order valence-electron chi connectivity index (χ2n) is 6.74. The summed E-state index contributed by atoms with van der Waals surface area (Å²) in [6, 6.07) is 20.0. The molecule has 5 heteroatoms. The Morgan fingerprint density at radius 3 is 2.54 bits per heavy atom. The molecule has 2 aromatic carbocycles. The van der Waals surface area contributed by atoms with Crippen LogP contribution in [0.3, 0.4) is 0 Å². The summed E-state index contributed by atoms with van der Waals surface area (Å²) in [6.45, 7) is 5.24. The predicted molar refractivity (Wildman–Crippen MR) is 110 cm³/mol. The number of amides is 1. The number of carbonyl (C=O) groups excluding carboxylic acids is 1. The highest BCUT2D eigenvalue weighted by Gasteiger charge is 2.21. The molecule has 0 saturated heterocycles. The third-order valence-electron chi connectivity index (χ3n) is 4.99. The molecule has 4 aromatic rings. The van der Waals surface area contributed by atoms with E-state index < -0.39 is 0 Å². The van der Waals surface area contributed by atoms with Crippen molar-refractivity contribution < 1.29 is 4.79 Å². The standard InChI is InChI=1S/C23H22N4O/c1-3-26(16-19-12-8-7-9-17(19)2)23(28)20-15-25-27-21(13-14-24-22(20)27)18-10-5-4-6-11-18/h4-15H,3,16H2,1-2H3. The van der Waals surface area contributed by atoms with Crippen LogP contribution in [0.1, 0.15) is 28.4 Å². The highest BCUT2D eigenvalue weighted by molar-refractivity contribution is 5.99. The van der Waals surface area contributed by atoms with Crippen LogP contribution in [-0.2, 0) is 6.54 Å². The van der Waals surface area contributed by atoms with Gasteiger partial charge in [-0.05, 0) is 31.0 Å². The van der Waals surface area contributed by atoms with Crippen LogP contribution in [0.4, 0.5) is 0 Å². The van der Waals surface area contributed by atoms with E-state index in [1.54, 1.807) is 16.9 Å². The summed E-state index contributed by atoms with van der Waals surface area (Å²) in [6.07, 6.45) is 3.35. The van der Waals surface area contributed by atoms with E-state index in [-0.39, 0.29) is 5.91 Å². The van der Waals surface area contributed by atoms with Gasteiger partial charge in [-0.2, -0.15) is 5.10 Å². The third-order valence-corrected chi connectivity index (χ3v) is 4.99. The van der Waals surface area contributed by atoms with Gasteiger partial charge < -0.3 is 4.90 Å². The van der Waals surface area contributed by atoms with Gasteiger partial charge in [-0.25, -0.2) is 9.50 Å². The largest absolute Gasteiger partial charge is 0.334 e. The van der Waals surface area contributed by atoms with Gasteiger partial charge in [0.15, 0.2) is 5.65 Å². The van der Waals surface area contributed by atoms with Crippen LogP contribution >= 0.6 is 0 Å². The number of fused-ring (bicyclic) bond motifs is 1. The number of benzene rings is 2. The lowest BCUT2D eigenvalue weighted by atomic mass is 10.1. The van der Waals surface area contributed by atoms with E-state index in [1.165, 1.54) is 5.56 Å². The minimum Gasteiger partial charge on any atom is -0.334 e. The molecule has 0 N–H and O–H groups in total. The summed E-state index contributed by atoms with van der Waals surface area (Å²) < 4.78 is 1.74. The topological polar surface area (TPSA) is 50.5 Å². The third kappa shape index (κ3) is 3.27. The summed E-state index contributed by atoms with van der Waals surface area (Å²) >= 11 is 0. The van der Waals surface area contributed by atoms with Crippen LogP contribution in [0.25, 0.3) is 16.9 Å². The van der Waals surface area contributed by atoms with Crippen molar-refractivity contribution in [3.8, 4) is 11.3 Å². The summed E-state index contributed by atoms with van der Waals surface area (Å²) in [4.78, 5) is 19.5. The molecule has 0 unspecified atom stereocenters. The van der Waals surface area contributed by atoms with Gasteiger partial charge >= 0.3 is 0 Å². The average Bonchev–Trinajstić information content (AvgIpc) is 3.17. The molecule has 5 nitrogen and oxygen atoms in total. The van der Waals surface area contributed by atoms with Gasteiger partial charge in [-0.3, -0.25) is 4.79 Å². The smallest absolute Gasteiger partial charge is 0.259 e. The van der Waals surface area contributed by atoms with Crippen molar-refractivity contribution in [3.05, 3.63) is 89.7 Å². The van der Waals surface area contributed by atoms with E-state index in [4.69, 9.17) is 0 Å². The molecule has 1 amide bonds. The monoisotopic (exact) mass is 370 g/mol. The maximum atomic E-state index is 13.2. The average molecular weight is 370 g/mol. The summed E-state index contributed by atoms with van der Waals surface area (Å²) in [7, 11) is 0. The van der Waals surface area contributed by atoms with Crippen LogP contribution in [0, 0.1) is 6.92 Å². The lowest BCUT2D eigenvalue weighted by Gasteiger charge is -2.21. The molecular weight excluding hydrogens is 348 g/mol. The SMILES string of the molecule is CCN(Cc1ccccc1C)C(=O)c1cnn2c(-c3ccccc3)ccnc12. The first kappa shape index (κ1) is 17.9. The quantitative estimate of drug-likeness (QED) is 0.524. The lowest BCUT2D eigenvalue weighted by Crippen LogP contribution is -2.30.